The highest BCUT2D eigenvalue weighted by Crippen LogP contribution is 2.24. The van der Waals surface area contributed by atoms with Gasteiger partial charge in [0.15, 0.2) is 5.69 Å². The summed E-state index contributed by atoms with van der Waals surface area (Å²) < 4.78 is 1.51. The fourth-order valence-electron chi connectivity index (χ4n) is 2.24. The number of amides is 1. The van der Waals surface area contributed by atoms with Gasteiger partial charge in [0.25, 0.3) is 5.91 Å². The number of aliphatic carboxylic acids is 1. The Kier molecular flexibility index (Phi) is 5.05. The number of carboxylic acids is 1. The topological polar surface area (TPSA) is 84.2 Å². The Labute approximate surface area is 139 Å². The number of hydrogen-bond acceptors (Lipinski definition) is 3. The van der Waals surface area contributed by atoms with E-state index in [0.29, 0.717) is 11.3 Å². The fourth-order valence-corrected chi connectivity index (χ4v) is 2.48. The molecule has 0 aliphatic rings. The molecular formula is C16H18ClN3O3. The van der Waals surface area contributed by atoms with E-state index in [0.717, 1.165) is 0 Å². The van der Waals surface area contributed by atoms with Gasteiger partial charge in [-0.1, -0.05) is 41.9 Å². The lowest BCUT2D eigenvalue weighted by atomic mass is 9.94. The van der Waals surface area contributed by atoms with Crippen LogP contribution in [0.1, 0.15) is 34.7 Å². The molecule has 1 aromatic carbocycles. The minimum atomic E-state index is -0.998. The largest absolute Gasteiger partial charge is 0.481 e. The number of aromatic nitrogens is 2. The first-order valence-corrected chi connectivity index (χ1v) is 7.48. The number of hydrogen-bond donors (Lipinski definition) is 2. The summed E-state index contributed by atoms with van der Waals surface area (Å²) in [6.45, 7) is 3.30. The number of nitrogens with one attached hydrogen (secondary N) is 1. The number of halogens is 1. The molecule has 2 rings (SSSR count). The molecule has 2 aromatic rings. The molecule has 0 aliphatic carbocycles. The Bertz CT molecular complexity index is 728. The predicted octanol–water partition coefficient (Wildman–Crippen LogP) is 2.57. The van der Waals surface area contributed by atoms with Crippen molar-refractivity contribution in [3.05, 3.63) is 52.3 Å². The monoisotopic (exact) mass is 335 g/mol. The van der Waals surface area contributed by atoms with Crippen LogP contribution in [0.2, 0.25) is 5.02 Å². The molecule has 1 aromatic heterocycles. The fraction of sp³-hybridized carbons (Fsp3) is 0.312. The van der Waals surface area contributed by atoms with E-state index < -0.39 is 23.8 Å². The zero-order valence-electron chi connectivity index (χ0n) is 13.1. The van der Waals surface area contributed by atoms with Crippen LogP contribution in [0.25, 0.3) is 0 Å². The van der Waals surface area contributed by atoms with Crippen LogP contribution >= 0.6 is 11.6 Å². The second-order valence-electron chi connectivity index (χ2n) is 5.36. The van der Waals surface area contributed by atoms with Gasteiger partial charge in [-0.15, -0.1) is 0 Å². The normalized spacial score (nSPS) is 13.4. The van der Waals surface area contributed by atoms with E-state index in [1.165, 1.54) is 4.68 Å². The zero-order valence-corrected chi connectivity index (χ0v) is 13.8. The maximum atomic E-state index is 12.5. The molecule has 0 saturated heterocycles. The van der Waals surface area contributed by atoms with E-state index in [-0.39, 0.29) is 10.7 Å². The van der Waals surface area contributed by atoms with Crippen LogP contribution in [0.15, 0.2) is 30.3 Å². The number of rotatable bonds is 5. The van der Waals surface area contributed by atoms with Gasteiger partial charge in [0.05, 0.1) is 22.7 Å². The summed E-state index contributed by atoms with van der Waals surface area (Å²) in [6, 6.07) is 8.28. The molecule has 2 unspecified atom stereocenters. The summed E-state index contributed by atoms with van der Waals surface area (Å²) in [5, 5.41) is 16.4. The van der Waals surface area contributed by atoms with Crippen molar-refractivity contribution in [2.75, 3.05) is 0 Å². The van der Waals surface area contributed by atoms with Gasteiger partial charge >= 0.3 is 5.97 Å². The summed E-state index contributed by atoms with van der Waals surface area (Å²) in [6.07, 6.45) is 0. The predicted molar refractivity (Wildman–Crippen MR) is 86.4 cm³/mol. The second-order valence-corrected chi connectivity index (χ2v) is 5.74. The number of nitrogens with zero attached hydrogens (tertiary/aromatic N) is 2. The summed E-state index contributed by atoms with van der Waals surface area (Å²) >= 11 is 6.12. The van der Waals surface area contributed by atoms with Gasteiger partial charge in [-0.3, -0.25) is 14.3 Å². The molecule has 2 N–H and O–H groups in total. The smallest absolute Gasteiger partial charge is 0.308 e. The third-order valence-electron chi connectivity index (χ3n) is 3.81. The molecule has 7 heteroatoms. The molecular weight excluding hydrogens is 318 g/mol. The standard InChI is InChI=1S/C16H18ClN3O3/c1-9(16(22)23)13(11-7-5-4-6-8-11)18-15(21)14-12(17)10(2)20(3)19-14/h4-9,13H,1-3H3,(H,18,21)(H,22,23). The van der Waals surface area contributed by atoms with Crippen molar-refractivity contribution >= 4 is 23.5 Å². The van der Waals surface area contributed by atoms with E-state index in [9.17, 15) is 14.7 Å². The van der Waals surface area contributed by atoms with E-state index in [1.54, 1.807) is 45.2 Å². The van der Waals surface area contributed by atoms with Crippen molar-refractivity contribution in [1.82, 2.24) is 15.1 Å². The summed E-state index contributed by atoms with van der Waals surface area (Å²) in [5.41, 5.74) is 1.46. The third kappa shape index (κ3) is 3.53. The molecule has 23 heavy (non-hydrogen) atoms. The molecule has 0 radical (unpaired) electrons. The first-order valence-electron chi connectivity index (χ1n) is 7.10. The first-order chi connectivity index (χ1) is 10.8. The Balaban J connectivity index is 2.32. The summed E-state index contributed by atoms with van der Waals surface area (Å²) in [4.78, 5) is 23.8. The molecule has 1 heterocycles. The van der Waals surface area contributed by atoms with Crippen LogP contribution in [-0.2, 0) is 11.8 Å². The average Bonchev–Trinajstić information content (AvgIpc) is 2.80. The van der Waals surface area contributed by atoms with E-state index in [2.05, 4.69) is 10.4 Å². The van der Waals surface area contributed by atoms with Crippen molar-refractivity contribution in [1.29, 1.82) is 0 Å². The lowest BCUT2D eigenvalue weighted by molar-refractivity contribution is -0.142. The molecule has 0 spiro atoms. The molecule has 122 valence electrons. The summed E-state index contributed by atoms with van der Waals surface area (Å²) in [5.74, 6) is -2.30. The number of aryl methyl sites for hydroxylation is 1. The van der Waals surface area contributed by atoms with E-state index in [4.69, 9.17) is 11.6 Å². The lowest BCUT2D eigenvalue weighted by Crippen LogP contribution is -2.36. The minimum absolute atomic E-state index is 0.0881. The Morgan fingerprint density at radius 2 is 1.91 bits per heavy atom. The zero-order chi connectivity index (χ0) is 17.1. The van der Waals surface area contributed by atoms with Crippen molar-refractivity contribution in [3.63, 3.8) is 0 Å². The average molecular weight is 336 g/mol. The van der Waals surface area contributed by atoms with Crippen LogP contribution in [0, 0.1) is 12.8 Å². The Morgan fingerprint density at radius 1 is 1.30 bits per heavy atom. The van der Waals surface area contributed by atoms with E-state index >= 15 is 0 Å². The number of carbonyl (C=O) groups is 2. The molecule has 2 atom stereocenters. The highest BCUT2D eigenvalue weighted by atomic mass is 35.5. The molecule has 0 aliphatic heterocycles. The molecule has 1 amide bonds. The molecule has 6 nitrogen and oxygen atoms in total. The molecule has 0 bridgehead atoms. The lowest BCUT2D eigenvalue weighted by Gasteiger charge is -2.22. The second kappa shape index (κ2) is 6.83. The van der Waals surface area contributed by atoms with Crippen LogP contribution < -0.4 is 5.32 Å². The van der Waals surface area contributed by atoms with Crippen LogP contribution in [-0.4, -0.2) is 26.8 Å². The highest BCUT2D eigenvalue weighted by Gasteiger charge is 2.29. The quantitative estimate of drug-likeness (QED) is 0.879. The number of carbonyl (C=O) groups excluding carboxylic acids is 1. The Morgan fingerprint density at radius 3 is 2.39 bits per heavy atom. The number of carboxylic acid groups (broad SMARTS) is 1. The van der Waals surface area contributed by atoms with Gasteiger partial charge < -0.3 is 10.4 Å². The van der Waals surface area contributed by atoms with Gasteiger partial charge in [0.2, 0.25) is 0 Å². The van der Waals surface area contributed by atoms with E-state index in [1.807, 2.05) is 6.07 Å². The van der Waals surface area contributed by atoms with Gasteiger partial charge in [0, 0.05) is 7.05 Å². The van der Waals surface area contributed by atoms with Crippen LogP contribution in [0.4, 0.5) is 0 Å². The van der Waals surface area contributed by atoms with Gasteiger partial charge in [0.1, 0.15) is 0 Å². The molecule has 0 fully saturated rings. The highest BCUT2D eigenvalue weighted by molar-refractivity contribution is 6.34. The third-order valence-corrected chi connectivity index (χ3v) is 4.26. The maximum Gasteiger partial charge on any atom is 0.308 e. The van der Waals surface area contributed by atoms with Crippen molar-refractivity contribution < 1.29 is 14.7 Å². The van der Waals surface area contributed by atoms with Crippen molar-refractivity contribution in [2.24, 2.45) is 13.0 Å². The first kappa shape index (κ1) is 17.0. The van der Waals surface area contributed by atoms with Crippen molar-refractivity contribution in [2.45, 2.75) is 19.9 Å². The van der Waals surface area contributed by atoms with Gasteiger partial charge in [-0.25, -0.2) is 0 Å². The SMILES string of the molecule is Cc1c(Cl)c(C(=O)NC(c2ccccc2)C(C)C(=O)O)nn1C. The molecule has 0 saturated carbocycles. The summed E-state index contributed by atoms with van der Waals surface area (Å²) in [7, 11) is 1.69. The van der Waals surface area contributed by atoms with Gasteiger partial charge in [-0.05, 0) is 19.4 Å². The van der Waals surface area contributed by atoms with Crippen molar-refractivity contribution in [3.8, 4) is 0 Å². The van der Waals surface area contributed by atoms with Crippen LogP contribution in [0.3, 0.4) is 0 Å². The number of benzene rings is 1. The Hall–Kier alpha value is -2.34. The maximum absolute atomic E-state index is 12.5. The van der Waals surface area contributed by atoms with Gasteiger partial charge in [-0.2, -0.15) is 5.10 Å². The minimum Gasteiger partial charge on any atom is -0.481 e. The van der Waals surface area contributed by atoms with Crippen LogP contribution in [0.5, 0.6) is 0 Å².